The lowest BCUT2D eigenvalue weighted by atomic mass is 10.3. The van der Waals surface area contributed by atoms with E-state index in [9.17, 15) is 0 Å². The van der Waals surface area contributed by atoms with Gasteiger partial charge in [-0.05, 0) is 6.92 Å². The minimum absolute atomic E-state index is 0.448. The minimum Gasteiger partial charge on any atom is -0.354 e. The third kappa shape index (κ3) is 1.35. The van der Waals surface area contributed by atoms with Crippen LogP contribution in [0.25, 0.3) is 16.4 Å². The molecule has 0 aliphatic heterocycles. The van der Waals surface area contributed by atoms with E-state index in [4.69, 9.17) is 10.3 Å². The summed E-state index contributed by atoms with van der Waals surface area (Å²) >= 11 is 1.56. The number of imidazole rings is 1. The average Bonchev–Trinajstić information content (AvgIpc) is 2.91. The molecule has 82 valence electrons. The maximum Gasteiger partial charge on any atom is 0.194 e. The van der Waals surface area contributed by atoms with Gasteiger partial charge >= 0.3 is 0 Å². The minimum atomic E-state index is 0.448. The van der Waals surface area contributed by atoms with Crippen LogP contribution in [0, 0.1) is 6.92 Å². The highest BCUT2D eigenvalue weighted by Crippen LogP contribution is 2.26. The number of hydrogen-bond donors (Lipinski definition) is 1. The fourth-order valence-corrected chi connectivity index (χ4v) is 2.47. The van der Waals surface area contributed by atoms with Gasteiger partial charge in [0.25, 0.3) is 0 Å². The number of rotatable bonds is 2. The van der Waals surface area contributed by atoms with Crippen LogP contribution < -0.4 is 5.73 Å². The number of nitrogens with two attached hydrogens (primary N) is 1. The summed E-state index contributed by atoms with van der Waals surface area (Å²) in [5.41, 5.74) is 8.27. The lowest BCUT2D eigenvalue weighted by molar-refractivity contribution is 0.425. The van der Waals surface area contributed by atoms with Gasteiger partial charge in [-0.25, -0.2) is 4.98 Å². The van der Waals surface area contributed by atoms with E-state index in [1.54, 1.807) is 11.3 Å². The second-order valence-electron chi connectivity index (χ2n) is 3.54. The highest BCUT2D eigenvalue weighted by atomic mass is 32.1. The predicted molar refractivity (Wildman–Crippen MR) is 61.2 cm³/mol. The summed E-state index contributed by atoms with van der Waals surface area (Å²) in [6.07, 6.45) is 1.93. The Bertz CT molecular complexity index is 636. The van der Waals surface area contributed by atoms with Crippen LogP contribution >= 0.6 is 11.3 Å². The Kier molecular flexibility index (Phi) is 2.05. The van der Waals surface area contributed by atoms with Crippen LogP contribution in [0.3, 0.4) is 0 Å². The van der Waals surface area contributed by atoms with E-state index in [0.29, 0.717) is 6.54 Å². The lowest BCUT2D eigenvalue weighted by Crippen LogP contribution is -1.95. The molecule has 0 unspecified atom stereocenters. The number of thiazole rings is 1. The molecular weight excluding hydrogens is 224 g/mol. The van der Waals surface area contributed by atoms with Gasteiger partial charge in [0.05, 0.1) is 11.4 Å². The molecular formula is C10H10N4OS. The van der Waals surface area contributed by atoms with E-state index in [1.807, 2.05) is 29.0 Å². The summed E-state index contributed by atoms with van der Waals surface area (Å²) in [6.45, 7) is 2.35. The van der Waals surface area contributed by atoms with E-state index in [-0.39, 0.29) is 0 Å². The van der Waals surface area contributed by atoms with Crippen LogP contribution in [0.2, 0.25) is 0 Å². The van der Waals surface area contributed by atoms with E-state index < -0.39 is 0 Å². The van der Waals surface area contributed by atoms with Gasteiger partial charge in [0.15, 0.2) is 10.7 Å². The quantitative estimate of drug-likeness (QED) is 0.734. The molecule has 0 amide bonds. The Morgan fingerprint density at radius 1 is 1.56 bits per heavy atom. The topological polar surface area (TPSA) is 69.3 Å². The Morgan fingerprint density at radius 2 is 2.44 bits per heavy atom. The van der Waals surface area contributed by atoms with Gasteiger partial charge in [-0.15, -0.1) is 11.3 Å². The van der Waals surface area contributed by atoms with Gasteiger partial charge in [0.1, 0.15) is 5.69 Å². The summed E-state index contributed by atoms with van der Waals surface area (Å²) in [6, 6.07) is 1.91. The van der Waals surface area contributed by atoms with Crippen molar-refractivity contribution in [3.05, 3.63) is 29.0 Å². The number of nitrogens with zero attached hydrogens (tertiary/aromatic N) is 3. The molecule has 0 bridgehead atoms. The van der Waals surface area contributed by atoms with E-state index in [2.05, 4.69) is 10.1 Å². The molecule has 3 rings (SSSR count). The molecule has 6 heteroatoms. The first kappa shape index (κ1) is 9.56. The first-order valence-electron chi connectivity index (χ1n) is 4.87. The van der Waals surface area contributed by atoms with Crippen molar-refractivity contribution in [2.45, 2.75) is 13.5 Å². The summed E-state index contributed by atoms with van der Waals surface area (Å²) < 4.78 is 7.22. The largest absolute Gasteiger partial charge is 0.354 e. The molecule has 5 nitrogen and oxygen atoms in total. The molecule has 0 aromatic carbocycles. The number of hydrogen-bond acceptors (Lipinski definition) is 5. The molecule has 0 atom stereocenters. The highest BCUT2D eigenvalue weighted by Gasteiger charge is 2.12. The number of fused-ring (bicyclic) bond motifs is 1. The third-order valence-electron chi connectivity index (χ3n) is 2.35. The molecule has 0 spiro atoms. The van der Waals surface area contributed by atoms with Gasteiger partial charge in [-0.1, -0.05) is 5.16 Å². The molecule has 0 radical (unpaired) electrons. The van der Waals surface area contributed by atoms with Crippen molar-refractivity contribution < 1.29 is 4.52 Å². The van der Waals surface area contributed by atoms with Gasteiger partial charge in [0, 0.05) is 24.2 Å². The Labute approximate surface area is 95.5 Å². The Balaban J connectivity index is 2.19. The summed E-state index contributed by atoms with van der Waals surface area (Å²) in [5, 5.41) is 5.88. The van der Waals surface area contributed by atoms with Crippen molar-refractivity contribution in [3.63, 3.8) is 0 Å². The number of aromatic nitrogens is 3. The summed E-state index contributed by atoms with van der Waals surface area (Å²) in [7, 11) is 0. The fourth-order valence-electron chi connectivity index (χ4n) is 1.59. The van der Waals surface area contributed by atoms with Crippen LogP contribution in [0.1, 0.15) is 11.4 Å². The van der Waals surface area contributed by atoms with Crippen LogP contribution in [-0.4, -0.2) is 14.5 Å². The molecule has 0 aliphatic rings. The second kappa shape index (κ2) is 3.43. The SMILES string of the molecule is Cc1cc(-c2csc3nc(CN)cn23)on1. The van der Waals surface area contributed by atoms with Crippen LogP contribution in [-0.2, 0) is 6.54 Å². The molecule has 3 heterocycles. The van der Waals surface area contributed by atoms with Crippen molar-refractivity contribution in [1.82, 2.24) is 14.5 Å². The zero-order chi connectivity index (χ0) is 11.1. The third-order valence-corrected chi connectivity index (χ3v) is 3.19. The van der Waals surface area contributed by atoms with Gasteiger partial charge < -0.3 is 10.3 Å². The van der Waals surface area contributed by atoms with Crippen molar-refractivity contribution in [2.24, 2.45) is 5.73 Å². The Hall–Kier alpha value is -1.66. The molecule has 0 saturated heterocycles. The zero-order valence-electron chi connectivity index (χ0n) is 8.67. The standard InChI is InChI=1S/C10H10N4OS/c1-6-2-9(15-13-6)8-5-16-10-12-7(3-11)4-14(8)10/h2,4-5H,3,11H2,1H3. The first-order chi connectivity index (χ1) is 7.78. The second-order valence-corrected chi connectivity index (χ2v) is 4.38. The zero-order valence-corrected chi connectivity index (χ0v) is 9.49. The molecule has 16 heavy (non-hydrogen) atoms. The van der Waals surface area contributed by atoms with Crippen molar-refractivity contribution in [2.75, 3.05) is 0 Å². The Morgan fingerprint density at radius 3 is 3.12 bits per heavy atom. The monoisotopic (exact) mass is 234 g/mol. The predicted octanol–water partition coefficient (Wildman–Crippen LogP) is 1.82. The molecule has 3 aromatic heterocycles. The number of aryl methyl sites for hydroxylation is 1. The van der Waals surface area contributed by atoms with Crippen LogP contribution in [0.15, 0.2) is 22.2 Å². The summed E-state index contributed by atoms with van der Waals surface area (Å²) in [4.78, 5) is 5.30. The maximum absolute atomic E-state index is 5.56. The fraction of sp³-hybridized carbons (Fsp3) is 0.200. The van der Waals surface area contributed by atoms with Crippen molar-refractivity contribution in [1.29, 1.82) is 0 Å². The maximum atomic E-state index is 5.56. The highest BCUT2D eigenvalue weighted by molar-refractivity contribution is 7.15. The normalized spacial score (nSPS) is 11.4. The van der Waals surface area contributed by atoms with E-state index in [0.717, 1.165) is 27.8 Å². The average molecular weight is 234 g/mol. The van der Waals surface area contributed by atoms with Gasteiger partial charge in [0.2, 0.25) is 0 Å². The van der Waals surface area contributed by atoms with E-state index >= 15 is 0 Å². The van der Waals surface area contributed by atoms with Crippen molar-refractivity contribution in [3.8, 4) is 11.5 Å². The van der Waals surface area contributed by atoms with Crippen LogP contribution in [0.5, 0.6) is 0 Å². The van der Waals surface area contributed by atoms with Gasteiger partial charge in [-0.3, -0.25) is 4.40 Å². The smallest absolute Gasteiger partial charge is 0.194 e. The van der Waals surface area contributed by atoms with Gasteiger partial charge in [-0.2, -0.15) is 0 Å². The molecule has 0 aliphatic carbocycles. The lowest BCUT2D eigenvalue weighted by Gasteiger charge is -1.91. The molecule has 0 fully saturated rings. The summed E-state index contributed by atoms with van der Waals surface area (Å²) in [5.74, 6) is 0.754. The first-order valence-corrected chi connectivity index (χ1v) is 5.75. The van der Waals surface area contributed by atoms with E-state index in [1.165, 1.54) is 0 Å². The van der Waals surface area contributed by atoms with Crippen molar-refractivity contribution >= 4 is 16.3 Å². The molecule has 3 aromatic rings. The van der Waals surface area contributed by atoms with Crippen LogP contribution in [0.4, 0.5) is 0 Å². The molecule has 2 N–H and O–H groups in total. The molecule has 0 saturated carbocycles.